The van der Waals surface area contributed by atoms with E-state index in [9.17, 15) is 0 Å². The first-order valence-corrected chi connectivity index (χ1v) is 3.12. The Morgan fingerprint density at radius 3 is 3.38 bits per heavy atom. The van der Waals surface area contributed by atoms with Gasteiger partial charge in [-0.3, -0.25) is 4.99 Å². The highest BCUT2D eigenvalue weighted by Gasteiger charge is 2.18. The van der Waals surface area contributed by atoms with Crippen LogP contribution in [0.1, 0.15) is 0 Å². The van der Waals surface area contributed by atoms with Gasteiger partial charge in [0.25, 0.3) is 0 Å². The predicted octanol–water partition coefficient (Wildman–Crippen LogP) is 0.869. The van der Waals surface area contributed by atoms with E-state index in [2.05, 4.69) is 20.4 Å². The van der Waals surface area contributed by atoms with Crippen LogP contribution in [0, 0.1) is 0 Å². The number of fused-ring (bicyclic) bond motifs is 1. The summed E-state index contributed by atoms with van der Waals surface area (Å²) in [4.78, 5) is 3.99. The summed E-state index contributed by atoms with van der Waals surface area (Å²) in [5, 5.41) is 11.6. The Kier molecular flexibility index (Phi) is 0.724. The summed E-state index contributed by atoms with van der Waals surface area (Å²) in [6.45, 7) is 0. The lowest BCUT2D eigenvalue weighted by Crippen LogP contribution is -1.94. The molecule has 0 N–H and O–H groups in total. The zero-order valence-corrected chi connectivity index (χ0v) is 4.72. The zero-order valence-electron chi connectivity index (χ0n) is 3.90. The van der Waals surface area contributed by atoms with Crippen LogP contribution in [-0.2, 0) is 0 Å². The molecule has 5 heteroatoms. The molecule has 8 heavy (non-hydrogen) atoms. The number of hydrogen-bond donors (Lipinski definition) is 0. The Morgan fingerprint density at radius 2 is 2.50 bits per heavy atom. The number of nitrogens with zero attached hydrogens (tertiary/aromatic N) is 4. The van der Waals surface area contributed by atoms with Crippen LogP contribution < -0.4 is 0 Å². The molecule has 0 aromatic rings. The van der Waals surface area contributed by atoms with E-state index >= 15 is 0 Å². The molecule has 0 unspecified atom stereocenters. The number of rotatable bonds is 0. The van der Waals surface area contributed by atoms with Crippen LogP contribution in [0.4, 0.5) is 0 Å². The van der Waals surface area contributed by atoms with Crippen LogP contribution in [0.25, 0.3) is 0 Å². The van der Waals surface area contributed by atoms with Gasteiger partial charge in [0.1, 0.15) is 0 Å². The summed E-state index contributed by atoms with van der Waals surface area (Å²) in [7, 11) is 0. The summed E-state index contributed by atoms with van der Waals surface area (Å²) in [6.07, 6.45) is 0. The lowest BCUT2D eigenvalue weighted by Gasteiger charge is -1.76. The third-order valence-corrected chi connectivity index (χ3v) is 1.68. The molecule has 0 amide bonds. The van der Waals surface area contributed by atoms with Crippen molar-refractivity contribution >= 4 is 22.6 Å². The highest BCUT2D eigenvalue weighted by Crippen LogP contribution is 2.18. The Hall–Kier alpha value is -0.710. The molecule has 0 radical (unpaired) electrons. The molecular formula is C3H2N4S. The van der Waals surface area contributed by atoms with E-state index in [0.717, 1.165) is 10.9 Å². The van der Waals surface area contributed by atoms with Gasteiger partial charge in [-0.1, -0.05) is 11.8 Å². The topological polar surface area (TPSA) is 49.4 Å². The molecular weight excluding hydrogens is 124 g/mol. The second kappa shape index (κ2) is 1.38. The molecule has 4 nitrogen and oxygen atoms in total. The van der Waals surface area contributed by atoms with Crippen molar-refractivity contribution in [3.05, 3.63) is 0 Å². The van der Waals surface area contributed by atoms with E-state index in [1.807, 2.05) is 0 Å². The van der Waals surface area contributed by atoms with Crippen LogP contribution in [0.15, 0.2) is 20.4 Å². The molecule has 2 aliphatic heterocycles. The van der Waals surface area contributed by atoms with Crippen LogP contribution in [-0.4, -0.2) is 16.8 Å². The van der Waals surface area contributed by atoms with Gasteiger partial charge < -0.3 is 0 Å². The van der Waals surface area contributed by atoms with Crippen LogP contribution in [0.2, 0.25) is 0 Å². The maximum atomic E-state index is 3.99. The van der Waals surface area contributed by atoms with Gasteiger partial charge in [-0.2, -0.15) is 0 Å². The molecule has 0 bridgehead atoms. The van der Waals surface area contributed by atoms with E-state index in [0.29, 0.717) is 5.84 Å². The summed E-state index contributed by atoms with van der Waals surface area (Å²) >= 11 is 1.57. The van der Waals surface area contributed by atoms with Gasteiger partial charge in [0.15, 0.2) is 5.04 Å². The SMILES string of the molecule is C1N=C2N=NN=C2S1. The van der Waals surface area contributed by atoms with Crippen molar-refractivity contribution < 1.29 is 0 Å². The van der Waals surface area contributed by atoms with Gasteiger partial charge in [0.05, 0.1) is 5.88 Å². The zero-order chi connectivity index (χ0) is 5.40. The third kappa shape index (κ3) is 0.416. The monoisotopic (exact) mass is 126 g/mol. The second-order valence-electron chi connectivity index (χ2n) is 1.35. The van der Waals surface area contributed by atoms with Gasteiger partial charge in [-0.15, -0.1) is 10.2 Å². The lowest BCUT2D eigenvalue weighted by atomic mass is 10.7. The molecule has 0 atom stereocenters. The Labute approximate surface area is 49.8 Å². The van der Waals surface area contributed by atoms with E-state index in [-0.39, 0.29) is 0 Å². The van der Waals surface area contributed by atoms with Crippen molar-refractivity contribution in [2.45, 2.75) is 0 Å². The normalized spacial score (nSPS) is 23.0. The summed E-state index contributed by atoms with van der Waals surface area (Å²) in [6, 6.07) is 0. The van der Waals surface area contributed by atoms with E-state index in [1.165, 1.54) is 0 Å². The van der Waals surface area contributed by atoms with E-state index in [1.54, 1.807) is 11.8 Å². The van der Waals surface area contributed by atoms with Crippen molar-refractivity contribution in [2.75, 3.05) is 5.88 Å². The minimum atomic E-state index is 0.704. The average molecular weight is 126 g/mol. The van der Waals surface area contributed by atoms with E-state index < -0.39 is 0 Å². The van der Waals surface area contributed by atoms with Crippen molar-refractivity contribution in [2.24, 2.45) is 20.4 Å². The van der Waals surface area contributed by atoms with Crippen molar-refractivity contribution in [1.82, 2.24) is 0 Å². The molecule has 2 aliphatic rings. The average Bonchev–Trinajstić information content (AvgIpc) is 2.15. The van der Waals surface area contributed by atoms with Gasteiger partial charge in [0.2, 0.25) is 5.84 Å². The first kappa shape index (κ1) is 4.20. The molecule has 2 heterocycles. The molecule has 0 aliphatic carbocycles. The highest BCUT2D eigenvalue weighted by atomic mass is 32.2. The fourth-order valence-corrected chi connectivity index (χ4v) is 1.18. The van der Waals surface area contributed by atoms with Crippen molar-refractivity contribution in [3.8, 4) is 0 Å². The molecule has 2 rings (SSSR count). The maximum absolute atomic E-state index is 3.99. The fourth-order valence-electron chi connectivity index (χ4n) is 0.540. The quantitative estimate of drug-likeness (QED) is 0.475. The highest BCUT2D eigenvalue weighted by molar-refractivity contribution is 8.16. The first-order valence-electron chi connectivity index (χ1n) is 2.13. The molecule has 0 aromatic carbocycles. The minimum absolute atomic E-state index is 0.704. The Bertz CT molecular complexity index is 203. The maximum Gasteiger partial charge on any atom is 0.207 e. The van der Waals surface area contributed by atoms with Gasteiger partial charge >= 0.3 is 0 Å². The van der Waals surface area contributed by atoms with Crippen molar-refractivity contribution in [3.63, 3.8) is 0 Å². The largest absolute Gasteiger partial charge is 0.251 e. The Balaban J connectivity index is 2.49. The number of hydrogen-bond acceptors (Lipinski definition) is 5. The molecule has 0 spiro atoms. The molecule has 40 valence electrons. The fraction of sp³-hybridized carbons (Fsp3) is 0.333. The van der Waals surface area contributed by atoms with Gasteiger partial charge in [0, 0.05) is 0 Å². The molecule has 0 fully saturated rings. The first-order chi connectivity index (χ1) is 3.97. The Morgan fingerprint density at radius 1 is 1.50 bits per heavy atom. The summed E-state index contributed by atoms with van der Waals surface area (Å²) < 4.78 is 0. The third-order valence-electron chi connectivity index (χ3n) is 0.882. The van der Waals surface area contributed by atoms with E-state index in [4.69, 9.17) is 0 Å². The lowest BCUT2D eigenvalue weighted by molar-refractivity contribution is 1.12. The summed E-state index contributed by atoms with van der Waals surface area (Å²) in [5.74, 6) is 1.46. The molecule has 0 saturated heterocycles. The van der Waals surface area contributed by atoms with Crippen LogP contribution >= 0.6 is 11.8 Å². The smallest absolute Gasteiger partial charge is 0.207 e. The molecule has 0 aromatic heterocycles. The van der Waals surface area contributed by atoms with Gasteiger partial charge in [-0.25, -0.2) is 0 Å². The standard InChI is InChI=1S/C3H2N4S/c1-4-2-3(8-1)6-7-5-2/h1H2. The predicted molar refractivity (Wildman–Crippen MR) is 32.2 cm³/mol. The second-order valence-corrected chi connectivity index (χ2v) is 2.28. The minimum Gasteiger partial charge on any atom is -0.251 e. The molecule has 0 saturated carbocycles. The van der Waals surface area contributed by atoms with Crippen molar-refractivity contribution in [1.29, 1.82) is 0 Å². The number of aliphatic imine (C=N–C) groups is 1. The number of amidine groups is 1. The van der Waals surface area contributed by atoms with Crippen LogP contribution in [0.5, 0.6) is 0 Å². The van der Waals surface area contributed by atoms with Crippen LogP contribution in [0.3, 0.4) is 0 Å². The summed E-state index contributed by atoms with van der Waals surface area (Å²) in [5.41, 5.74) is 0. The number of thioether (sulfide) groups is 1. The van der Waals surface area contributed by atoms with Gasteiger partial charge in [-0.05, 0) is 5.22 Å².